The molecule has 0 spiro atoms. The number of carbonyl (C=O) groups is 1. The van der Waals surface area contributed by atoms with Crippen LogP contribution >= 0.6 is 15.9 Å². The largest absolute Gasteiger partial charge is 0.370 e. The number of nitrogens with one attached hydrogen (secondary N) is 1. The predicted octanol–water partition coefficient (Wildman–Crippen LogP) is 3.29. The quantitative estimate of drug-likeness (QED) is 0.923. The van der Waals surface area contributed by atoms with Crippen LogP contribution in [0.3, 0.4) is 0 Å². The lowest BCUT2D eigenvalue weighted by atomic mass is 10.1. The van der Waals surface area contributed by atoms with Gasteiger partial charge in [-0.3, -0.25) is 4.79 Å². The predicted molar refractivity (Wildman–Crippen MR) is 80.5 cm³/mol. The van der Waals surface area contributed by atoms with Crippen molar-refractivity contribution in [1.29, 1.82) is 0 Å². The van der Waals surface area contributed by atoms with Crippen LogP contribution in [-0.2, 0) is 0 Å². The van der Waals surface area contributed by atoms with Gasteiger partial charge in [0.1, 0.15) is 5.82 Å². The van der Waals surface area contributed by atoms with Gasteiger partial charge in [-0.2, -0.15) is 0 Å². The molecule has 1 aliphatic heterocycles. The number of amides is 1. The summed E-state index contributed by atoms with van der Waals surface area (Å²) in [7, 11) is 0. The number of likely N-dealkylation sites (tertiary alicyclic amines) is 1. The van der Waals surface area contributed by atoms with Gasteiger partial charge in [-0.25, -0.2) is 4.98 Å². The van der Waals surface area contributed by atoms with Crippen LogP contribution in [0.4, 0.5) is 5.82 Å². The van der Waals surface area contributed by atoms with Gasteiger partial charge in [-0.05, 0) is 48.2 Å². The Balaban J connectivity index is 2.29. The zero-order valence-corrected chi connectivity index (χ0v) is 13.0. The molecule has 0 bridgehead atoms. The number of pyridine rings is 1. The average molecular weight is 326 g/mol. The third-order valence-electron chi connectivity index (χ3n) is 3.54. The Kier molecular flexibility index (Phi) is 4.80. The zero-order valence-electron chi connectivity index (χ0n) is 11.4. The molecule has 1 fully saturated rings. The number of hydrogen-bond donors (Lipinski definition) is 1. The van der Waals surface area contributed by atoms with E-state index in [-0.39, 0.29) is 5.91 Å². The average Bonchev–Trinajstić information content (AvgIpc) is 2.88. The summed E-state index contributed by atoms with van der Waals surface area (Å²) >= 11 is 3.40. The van der Waals surface area contributed by atoms with Crippen LogP contribution in [-0.4, -0.2) is 34.9 Å². The van der Waals surface area contributed by atoms with E-state index in [4.69, 9.17) is 0 Å². The molecule has 0 saturated carbocycles. The lowest BCUT2D eigenvalue weighted by Gasteiger charge is -2.24. The third-order valence-corrected chi connectivity index (χ3v) is 3.97. The molecule has 2 heterocycles. The molecule has 1 unspecified atom stereocenters. The van der Waals surface area contributed by atoms with Crippen LogP contribution in [0.1, 0.15) is 43.5 Å². The zero-order chi connectivity index (χ0) is 13.8. The lowest BCUT2D eigenvalue weighted by molar-refractivity contribution is 0.0734. The Morgan fingerprint density at radius 3 is 3.05 bits per heavy atom. The highest BCUT2D eigenvalue weighted by atomic mass is 79.9. The molecule has 5 heteroatoms. The number of anilines is 1. The molecule has 0 aliphatic carbocycles. The molecule has 104 valence electrons. The highest BCUT2D eigenvalue weighted by Crippen LogP contribution is 2.26. The molecule has 1 aromatic rings. The second-order valence-electron chi connectivity index (χ2n) is 4.78. The van der Waals surface area contributed by atoms with Gasteiger partial charge in [0.2, 0.25) is 0 Å². The van der Waals surface area contributed by atoms with E-state index in [1.54, 1.807) is 6.20 Å². The number of hydrogen-bond acceptors (Lipinski definition) is 3. The topological polar surface area (TPSA) is 45.2 Å². The molecule has 1 atom stereocenters. The fourth-order valence-corrected chi connectivity index (χ4v) is 2.92. The van der Waals surface area contributed by atoms with E-state index in [0.29, 0.717) is 17.4 Å². The summed E-state index contributed by atoms with van der Waals surface area (Å²) in [5, 5.41) is 3.16. The SMILES string of the molecule is CCNc1ncc(Br)cc1C(=O)N1CCCC1CC. The van der Waals surface area contributed by atoms with E-state index in [9.17, 15) is 4.79 Å². The van der Waals surface area contributed by atoms with Gasteiger partial charge in [0.25, 0.3) is 5.91 Å². The number of aromatic nitrogens is 1. The number of nitrogens with zero attached hydrogens (tertiary/aromatic N) is 2. The summed E-state index contributed by atoms with van der Waals surface area (Å²) < 4.78 is 0.838. The summed E-state index contributed by atoms with van der Waals surface area (Å²) in [5.41, 5.74) is 0.663. The van der Waals surface area contributed by atoms with Crippen LogP contribution < -0.4 is 5.32 Å². The minimum Gasteiger partial charge on any atom is -0.370 e. The van der Waals surface area contributed by atoms with E-state index in [1.165, 1.54) is 0 Å². The number of rotatable bonds is 4. The highest BCUT2D eigenvalue weighted by molar-refractivity contribution is 9.10. The molecule has 4 nitrogen and oxygen atoms in total. The minimum absolute atomic E-state index is 0.0918. The molecule has 19 heavy (non-hydrogen) atoms. The smallest absolute Gasteiger partial charge is 0.257 e. The molecule has 1 aromatic heterocycles. The van der Waals surface area contributed by atoms with Crippen molar-refractivity contribution in [3.8, 4) is 0 Å². The second kappa shape index (κ2) is 6.37. The van der Waals surface area contributed by atoms with Gasteiger partial charge < -0.3 is 10.2 Å². The first-order chi connectivity index (χ1) is 9.17. The summed E-state index contributed by atoms with van der Waals surface area (Å²) in [6.45, 7) is 5.75. The first-order valence-electron chi connectivity index (χ1n) is 6.87. The standard InChI is InChI=1S/C14H20BrN3O/c1-3-11-6-5-7-18(11)14(19)12-8-10(15)9-17-13(12)16-4-2/h8-9,11H,3-7H2,1-2H3,(H,16,17). The Bertz CT molecular complexity index is 464. The van der Waals surface area contributed by atoms with Gasteiger partial charge >= 0.3 is 0 Å². The molecule has 1 N–H and O–H groups in total. The highest BCUT2D eigenvalue weighted by Gasteiger charge is 2.29. The van der Waals surface area contributed by atoms with Crippen LogP contribution in [0.2, 0.25) is 0 Å². The molecule has 0 radical (unpaired) electrons. The van der Waals surface area contributed by atoms with Crippen molar-refractivity contribution >= 4 is 27.7 Å². The molecule has 1 saturated heterocycles. The number of carbonyl (C=O) groups excluding carboxylic acids is 1. The summed E-state index contributed by atoms with van der Waals surface area (Å²) in [5.74, 6) is 0.770. The Morgan fingerprint density at radius 1 is 1.58 bits per heavy atom. The fraction of sp³-hybridized carbons (Fsp3) is 0.571. The maximum atomic E-state index is 12.7. The van der Waals surface area contributed by atoms with Crippen molar-refractivity contribution in [2.24, 2.45) is 0 Å². The minimum atomic E-state index is 0.0918. The summed E-state index contributed by atoms with van der Waals surface area (Å²) in [6, 6.07) is 2.24. The van der Waals surface area contributed by atoms with Crippen LogP contribution in [0.15, 0.2) is 16.7 Å². The Hall–Kier alpha value is -1.10. The first-order valence-corrected chi connectivity index (χ1v) is 7.67. The van der Waals surface area contributed by atoms with Gasteiger partial charge in [-0.15, -0.1) is 0 Å². The molecule has 2 rings (SSSR count). The van der Waals surface area contributed by atoms with Crippen molar-refractivity contribution in [2.75, 3.05) is 18.4 Å². The van der Waals surface area contributed by atoms with E-state index in [0.717, 1.165) is 36.8 Å². The first kappa shape index (κ1) is 14.3. The third kappa shape index (κ3) is 3.08. The summed E-state index contributed by atoms with van der Waals surface area (Å²) in [4.78, 5) is 19.0. The van der Waals surface area contributed by atoms with Crippen molar-refractivity contribution in [3.63, 3.8) is 0 Å². The lowest BCUT2D eigenvalue weighted by Crippen LogP contribution is -2.35. The van der Waals surface area contributed by atoms with Gasteiger partial charge in [0.05, 0.1) is 5.56 Å². The molecule has 1 aliphatic rings. The maximum Gasteiger partial charge on any atom is 0.257 e. The van der Waals surface area contributed by atoms with Crippen LogP contribution in [0.25, 0.3) is 0 Å². The van der Waals surface area contributed by atoms with Gasteiger partial charge in [0, 0.05) is 29.8 Å². The van der Waals surface area contributed by atoms with Crippen molar-refractivity contribution in [3.05, 3.63) is 22.3 Å². The van der Waals surface area contributed by atoms with Crippen molar-refractivity contribution in [1.82, 2.24) is 9.88 Å². The van der Waals surface area contributed by atoms with Crippen molar-refractivity contribution in [2.45, 2.75) is 39.2 Å². The van der Waals surface area contributed by atoms with Gasteiger partial charge in [-0.1, -0.05) is 6.92 Å². The second-order valence-corrected chi connectivity index (χ2v) is 5.70. The van der Waals surface area contributed by atoms with Crippen LogP contribution in [0.5, 0.6) is 0 Å². The summed E-state index contributed by atoms with van der Waals surface area (Å²) in [6.07, 6.45) is 4.95. The fourth-order valence-electron chi connectivity index (χ4n) is 2.59. The van der Waals surface area contributed by atoms with Crippen LogP contribution in [0, 0.1) is 0 Å². The maximum absolute atomic E-state index is 12.7. The molecular weight excluding hydrogens is 306 g/mol. The Morgan fingerprint density at radius 2 is 2.37 bits per heavy atom. The van der Waals surface area contributed by atoms with E-state index >= 15 is 0 Å². The number of halogens is 1. The van der Waals surface area contributed by atoms with E-state index in [2.05, 4.69) is 33.2 Å². The van der Waals surface area contributed by atoms with E-state index < -0.39 is 0 Å². The normalized spacial score (nSPS) is 18.7. The Labute approximate surface area is 122 Å². The van der Waals surface area contributed by atoms with E-state index in [1.807, 2.05) is 17.9 Å². The van der Waals surface area contributed by atoms with Crippen molar-refractivity contribution < 1.29 is 4.79 Å². The monoisotopic (exact) mass is 325 g/mol. The van der Waals surface area contributed by atoms with Gasteiger partial charge in [0.15, 0.2) is 0 Å². The molecule has 0 aromatic carbocycles. The molecular formula is C14H20BrN3O. The molecule has 1 amide bonds.